The zero-order chi connectivity index (χ0) is 13.5. The van der Waals surface area contributed by atoms with E-state index in [4.69, 9.17) is 4.74 Å². The van der Waals surface area contributed by atoms with Crippen LogP contribution >= 0.6 is 0 Å². The minimum absolute atomic E-state index is 0.416. The van der Waals surface area contributed by atoms with Crippen molar-refractivity contribution in [3.05, 3.63) is 23.9 Å². The molecule has 1 fully saturated rings. The Morgan fingerprint density at radius 1 is 1.47 bits per heavy atom. The largest absolute Gasteiger partial charge is 0.377 e. The van der Waals surface area contributed by atoms with Gasteiger partial charge in [0.15, 0.2) is 0 Å². The number of hydrogen-bond donors (Lipinski definition) is 1. The van der Waals surface area contributed by atoms with Crippen LogP contribution in [0.5, 0.6) is 0 Å². The van der Waals surface area contributed by atoms with Gasteiger partial charge in [0.05, 0.1) is 6.10 Å². The molecular formula is C15H25N3O. The predicted octanol–water partition coefficient (Wildman–Crippen LogP) is 2.51. The molecule has 2 heterocycles. The van der Waals surface area contributed by atoms with E-state index < -0.39 is 0 Å². The van der Waals surface area contributed by atoms with Crippen LogP contribution in [0.25, 0.3) is 0 Å². The highest BCUT2D eigenvalue weighted by Gasteiger charge is 2.19. The van der Waals surface area contributed by atoms with Gasteiger partial charge in [-0.05, 0) is 32.4 Å². The Balaban J connectivity index is 1.96. The van der Waals surface area contributed by atoms with E-state index in [1.165, 1.54) is 18.4 Å². The molecule has 4 heteroatoms. The SMILES string of the molecule is CCNc1ncccc1CN(CC)CC1CCCO1. The molecule has 1 aromatic heterocycles. The van der Waals surface area contributed by atoms with E-state index in [0.717, 1.165) is 38.6 Å². The molecule has 0 bridgehead atoms. The van der Waals surface area contributed by atoms with Crippen LogP contribution < -0.4 is 5.32 Å². The second kappa shape index (κ2) is 7.46. The van der Waals surface area contributed by atoms with Gasteiger partial charge in [-0.1, -0.05) is 13.0 Å². The van der Waals surface area contributed by atoms with Crippen molar-refractivity contribution in [2.75, 3.05) is 31.6 Å². The van der Waals surface area contributed by atoms with E-state index in [0.29, 0.717) is 6.10 Å². The van der Waals surface area contributed by atoms with Gasteiger partial charge in [-0.25, -0.2) is 4.98 Å². The van der Waals surface area contributed by atoms with Crippen LogP contribution in [0.15, 0.2) is 18.3 Å². The Bertz CT molecular complexity index is 377. The number of anilines is 1. The number of nitrogens with one attached hydrogen (secondary N) is 1. The van der Waals surface area contributed by atoms with Gasteiger partial charge in [-0.2, -0.15) is 0 Å². The normalized spacial score (nSPS) is 19.0. The molecule has 4 nitrogen and oxygen atoms in total. The minimum atomic E-state index is 0.416. The lowest BCUT2D eigenvalue weighted by atomic mass is 10.2. The Morgan fingerprint density at radius 2 is 2.37 bits per heavy atom. The maximum absolute atomic E-state index is 5.73. The molecule has 1 aliphatic rings. The van der Waals surface area contributed by atoms with Crippen LogP contribution in [0.2, 0.25) is 0 Å². The van der Waals surface area contributed by atoms with E-state index in [2.05, 4.69) is 35.1 Å². The van der Waals surface area contributed by atoms with E-state index in [-0.39, 0.29) is 0 Å². The van der Waals surface area contributed by atoms with Gasteiger partial charge in [0, 0.05) is 38.0 Å². The first-order chi connectivity index (χ1) is 9.33. The van der Waals surface area contributed by atoms with E-state index in [9.17, 15) is 0 Å². The van der Waals surface area contributed by atoms with Gasteiger partial charge < -0.3 is 10.1 Å². The molecule has 0 aliphatic carbocycles. The molecule has 1 atom stereocenters. The predicted molar refractivity (Wildman–Crippen MR) is 78.3 cm³/mol. The van der Waals surface area contributed by atoms with Gasteiger partial charge in [0.25, 0.3) is 0 Å². The van der Waals surface area contributed by atoms with E-state index in [1.54, 1.807) is 0 Å². The fraction of sp³-hybridized carbons (Fsp3) is 0.667. The summed E-state index contributed by atoms with van der Waals surface area (Å²) in [7, 11) is 0. The Morgan fingerprint density at radius 3 is 3.05 bits per heavy atom. The zero-order valence-electron chi connectivity index (χ0n) is 12.1. The molecule has 0 aromatic carbocycles. The first kappa shape index (κ1) is 14.3. The standard InChI is InChI=1S/C15H25N3O/c1-3-16-15-13(7-5-9-17-15)11-18(4-2)12-14-8-6-10-19-14/h5,7,9,14H,3-4,6,8,10-12H2,1-2H3,(H,16,17). The zero-order valence-corrected chi connectivity index (χ0v) is 12.1. The third-order valence-electron chi connectivity index (χ3n) is 3.56. The topological polar surface area (TPSA) is 37.4 Å². The van der Waals surface area contributed by atoms with Crippen LogP contribution in [0.4, 0.5) is 5.82 Å². The average Bonchev–Trinajstić information content (AvgIpc) is 2.93. The van der Waals surface area contributed by atoms with Gasteiger partial charge in [-0.15, -0.1) is 0 Å². The van der Waals surface area contributed by atoms with Crippen LogP contribution in [-0.4, -0.2) is 42.2 Å². The summed E-state index contributed by atoms with van der Waals surface area (Å²) in [5.74, 6) is 1.01. The molecule has 0 radical (unpaired) electrons. The Labute approximate surface area is 116 Å². The summed E-state index contributed by atoms with van der Waals surface area (Å²) < 4.78 is 5.73. The van der Waals surface area contributed by atoms with Gasteiger partial charge >= 0.3 is 0 Å². The molecule has 0 spiro atoms. The minimum Gasteiger partial charge on any atom is -0.377 e. The van der Waals surface area contributed by atoms with Crippen LogP contribution in [0, 0.1) is 0 Å². The van der Waals surface area contributed by atoms with E-state index in [1.807, 2.05) is 12.3 Å². The third-order valence-corrected chi connectivity index (χ3v) is 3.56. The lowest BCUT2D eigenvalue weighted by Crippen LogP contribution is -2.32. The molecule has 0 amide bonds. The smallest absolute Gasteiger partial charge is 0.130 e. The number of hydrogen-bond acceptors (Lipinski definition) is 4. The highest BCUT2D eigenvalue weighted by Crippen LogP contribution is 2.17. The maximum Gasteiger partial charge on any atom is 0.130 e. The van der Waals surface area contributed by atoms with Gasteiger partial charge in [0.1, 0.15) is 5.82 Å². The maximum atomic E-state index is 5.73. The summed E-state index contributed by atoms with van der Waals surface area (Å²) in [6, 6.07) is 4.17. The molecule has 106 valence electrons. The first-order valence-corrected chi connectivity index (χ1v) is 7.35. The monoisotopic (exact) mass is 263 g/mol. The Kier molecular flexibility index (Phi) is 5.61. The molecule has 1 aliphatic heterocycles. The van der Waals surface area contributed by atoms with Crippen molar-refractivity contribution in [1.29, 1.82) is 0 Å². The lowest BCUT2D eigenvalue weighted by molar-refractivity contribution is 0.0725. The van der Waals surface area contributed by atoms with Crippen LogP contribution in [0.3, 0.4) is 0 Å². The lowest BCUT2D eigenvalue weighted by Gasteiger charge is -2.24. The summed E-state index contributed by atoms with van der Waals surface area (Å²) in [5, 5.41) is 3.33. The molecule has 1 unspecified atom stereocenters. The van der Waals surface area contributed by atoms with E-state index >= 15 is 0 Å². The quantitative estimate of drug-likeness (QED) is 0.820. The summed E-state index contributed by atoms with van der Waals surface area (Å²) in [4.78, 5) is 6.86. The second-order valence-electron chi connectivity index (χ2n) is 5.00. The highest BCUT2D eigenvalue weighted by atomic mass is 16.5. The number of ether oxygens (including phenoxy) is 1. The highest BCUT2D eigenvalue weighted by molar-refractivity contribution is 5.43. The van der Waals surface area contributed by atoms with Crippen molar-refractivity contribution in [2.24, 2.45) is 0 Å². The van der Waals surface area contributed by atoms with Crippen molar-refractivity contribution < 1.29 is 4.74 Å². The number of nitrogens with zero attached hydrogens (tertiary/aromatic N) is 2. The number of likely N-dealkylation sites (N-methyl/N-ethyl adjacent to an activating group) is 1. The van der Waals surface area contributed by atoms with Crippen molar-refractivity contribution in [2.45, 2.75) is 39.3 Å². The molecule has 0 saturated carbocycles. The first-order valence-electron chi connectivity index (χ1n) is 7.35. The van der Waals surface area contributed by atoms with Crippen molar-refractivity contribution in [1.82, 2.24) is 9.88 Å². The molecule has 1 N–H and O–H groups in total. The van der Waals surface area contributed by atoms with Crippen molar-refractivity contribution >= 4 is 5.82 Å². The number of aromatic nitrogens is 1. The fourth-order valence-electron chi connectivity index (χ4n) is 2.52. The summed E-state index contributed by atoms with van der Waals surface area (Å²) >= 11 is 0. The fourth-order valence-corrected chi connectivity index (χ4v) is 2.52. The molecule has 2 rings (SSSR count). The summed E-state index contributed by atoms with van der Waals surface area (Å²) in [6.07, 6.45) is 4.67. The molecule has 1 aromatic rings. The van der Waals surface area contributed by atoms with Crippen LogP contribution in [0.1, 0.15) is 32.3 Å². The number of rotatable bonds is 7. The average molecular weight is 263 g/mol. The third kappa shape index (κ3) is 4.18. The van der Waals surface area contributed by atoms with Crippen LogP contribution in [-0.2, 0) is 11.3 Å². The Hall–Kier alpha value is -1.13. The molecular weight excluding hydrogens is 238 g/mol. The molecule has 1 saturated heterocycles. The van der Waals surface area contributed by atoms with Crippen molar-refractivity contribution in [3.63, 3.8) is 0 Å². The van der Waals surface area contributed by atoms with Crippen molar-refractivity contribution in [3.8, 4) is 0 Å². The number of pyridine rings is 1. The summed E-state index contributed by atoms with van der Waals surface area (Å²) in [5.41, 5.74) is 1.27. The van der Waals surface area contributed by atoms with Gasteiger partial charge in [-0.3, -0.25) is 4.90 Å². The summed E-state index contributed by atoms with van der Waals surface area (Å²) in [6.45, 7) is 9.14. The van der Waals surface area contributed by atoms with Gasteiger partial charge in [0.2, 0.25) is 0 Å². The second-order valence-corrected chi connectivity index (χ2v) is 5.00. The molecule has 19 heavy (non-hydrogen) atoms.